The van der Waals surface area contributed by atoms with Crippen LogP contribution >= 0.6 is 0 Å². The van der Waals surface area contributed by atoms with Crippen molar-refractivity contribution < 1.29 is 18.9 Å². The van der Waals surface area contributed by atoms with Gasteiger partial charge in [0.2, 0.25) is 5.75 Å². The van der Waals surface area contributed by atoms with Crippen molar-refractivity contribution in [1.82, 2.24) is 10.3 Å². The monoisotopic (exact) mass is 330 g/mol. The smallest absolute Gasteiger partial charge is 0.203 e. The number of benzene rings is 1. The molecular formula is C18H22N2O4. The lowest BCUT2D eigenvalue weighted by molar-refractivity contribution is 0.270. The molecule has 0 aliphatic carbocycles. The fourth-order valence-electron chi connectivity index (χ4n) is 2.76. The maximum absolute atomic E-state index is 5.83. The topological polar surface area (TPSA) is 61.8 Å². The van der Waals surface area contributed by atoms with E-state index in [9.17, 15) is 0 Å². The second-order valence-electron chi connectivity index (χ2n) is 5.47. The first-order chi connectivity index (χ1) is 11.8. The Morgan fingerprint density at radius 1 is 1.21 bits per heavy atom. The predicted molar refractivity (Wildman–Crippen MR) is 90.4 cm³/mol. The summed E-state index contributed by atoms with van der Waals surface area (Å²) in [5.74, 6) is 3.20. The van der Waals surface area contributed by atoms with Crippen LogP contribution < -0.4 is 24.3 Å². The number of para-hydroxylation sites is 1. The van der Waals surface area contributed by atoms with Gasteiger partial charge < -0.3 is 24.3 Å². The number of methoxy groups -OCH3 is 2. The molecule has 0 radical (unpaired) electrons. The fourth-order valence-corrected chi connectivity index (χ4v) is 2.76. The number of fused-ring (bicyclic) bond motifs is 1. The number of pyridine rings is 1. The first kappa shape index (κ1) is 16.4. The zero-order valence-corrected chi connectivity index (χ0v) is 14.0. The van der Waals surface area contributed by atoms with Crippen LogP contribution in [0.3, 0.4) is 0 Å². The third-order valence-corrected chi connectivity index (χ3v) is 3.99. The molecule has 24 heavy (non-hydrogen) atoms. The van der Waals surface area contributed by atoms with Crippen LogP contribution in [-0.2, 0) is 0 Å². The molecule has 6 nitrogen and oxygen atoms in total. The molecule has 0 spiro atoms. The molecule has 0 amide bonds. The molecule has 1 aliphatic rings. The van der Waals surface area contributed by atoms with Gasteiger partial charge in [0.05, 0.1) is 27.0 Å². The van der Waals surface area contributed by atoms with Gasteiger partial charge in [-0.05, 0) is 18.2 Å². The number of nitrogens with zero attached hydrogens (tertiary/aromatic N) is 1. The molecule has 128 valence electrons. The van der Waals surface area contributed by atoms with Crippen molar-refractivity contribution in [2.75, 3.05) is 40.5 Å². The summed E-state index contributed by atoms with van der Waals surface area (Å²) in [7, 11) is 3.23. The van der Waals surface area contributed by atoms with E-state index in [4.69, 9.17) is 18.9 Å². The van der Waals surface area contributed by atoms with E-state index in [0.717, 1.165) is 18.8 Å². The Balaban J connectivity index is 1.47. The van der Waals surface area contributed by atoms with Gasteiger partial charge in [0, 0.05) is 30.8 Å². The maximum Gasteiger partial charge on any atom is 0.203 e. The molecule has 1 aromatic heterocycles. The average Bonchev–Trinajstić information content (AvgIpc) is 3.04. The second kappa shape index (κ2) is 7.88. The van der Waals surface area contributed by atoms with E-state index in [1.165, 1.54) is 5.56 Å². The van der Waals surface area contributed by atoms with Crippen molar-refractivity contribution in [2.45, 2.75) is 5.92 Å². The molecule has 1 atom stereocenters. The van der Waals surface area contributed by atoms with E-state index >= 15 is 0 Å². The average molecular weight is 330 g/mol. The Morgan fingerprint density at radius 2 is 2.00 bits per heavy atom. The normalized spacial score (nSPS) is 15.5. The molecule has 0 fully saturated rings. The van der Waals surface area contributed by atoms with E-state index < -0.39 is 0 Å². The Bertz CT molecular complexity index is 656. The summed E-state index contributed by atoms with van der Waals surface area (Å²) in [6.45, 7) is 2.77. The molecule has 0 saturated heterocycles. The van der Waals surface area contributed by atoms with Crippen LogP contribution in [0.1, 0.15) is 11.5 Å². The van der Waals surface area contributed by atoms with Crippen molar-refractivity contribution in [1.29, 1.82) is 0 Å². The van der Waals surface area contributed by atoms with Crippen LogP contribution in [0.2, 0.25) is 0 Å². The highest BCUT2D eigenvalue weighted by Crippen LogP contribution is 2.36. The minimum absolute atomic E-state index is 0.351. The lowest BCUT2D eigenvalue weighted by atomic mass is 10.0. The zero-order chi connectivity index (χ0) is 16.8. The lowest BCUT2D eigenvalue weighted by Crippen LogP contribution is -2.27. The fraction of sp³-hybridized carbons (Fsp3) is 0.389. The number of rotatable bonds is 8. The summed E-state index contributed by atoms with van der Waals surface area (Å²) < 4.78 is 22.1. The van der Waals surface area contributed by atoms with Crippen molar-refractivity contribution in [3.05, 3.63) is 42.2 Å². The van der Waals surface area contributed by atoms with Gasteiger partial charge in [0.1, 0.15) is 12.4 Å². The van der Waals surface area contributed by atoms with Crippen molar-refractivity contribution in [3.63, 3.8) is 0 Å². The van der Waals surface area contributed by atoms with E-state index in [-0.39, 0.29) is 0 Å². The minimum atomic E-state index is 0.351. The van der Waals surface area contributed by atoms with Crippen LogP contribution in [0.4, 0.5) is 0 Å². The SMILES string of the molecule is COc1cccc(OC)c1OCCNC[C@H]1COc2cnccc21. The number of aromatic nitrogens is 1. The van der Waals surface area contributed by atoms with Crippen LogP contribution in [-0.4, -0.2) is 45.5 Å². The summed E-state index contributed by atoms with van der Waals surface area (Å²) >= 11 is 0. The predicted octanol–water partition coefficient (Wildman–Crippen LogP) is 2.24. The van der Waals surface area contributed by atoms with Gasteiger partial charge in [-0.25, -0.2) is 0 Å². The zero-order valence-electron chi connectivity index (χ0n) is 14.0. The summed E-state index contributed by atoms with van der Waals surface area (Å²) in [5.41, 5.74) is 1.21. The third kappa shape index (κ3) is 3.54. The highest BCUT2D eigenvalue weighted by molar-refractivity contribution is 5.51. The van der Waals surface area contributed by atoms with E-state index in [1.54, 1.807) is 26.6 Å². The molecule has 2 heterocycles. The number of ether oxygens (including phenoxy) is 4. The molecular weight excluding hydrogens is 308 g/mol. The molecule has 0 saturated carbocycles. The van der Waals surface area contributed by atoms with Crippen molar-refractivity contribution in [3.8, 4) is 23.0 Å². The first-order valence-corrected chi connectivity index (χ1v) is 7.94. The van der Waals surface area contributed by atoms with Gasteiger partial charge in [-0.2, -0.15) is 0 Å². The Labute approximate surface area is 141 Å². The Kier molecular flexibility index (Phi) is 5.38. The number of hydrogen-bond donors (Lipinski definition) is 1. The van der Waals surface area contributed by atoms with Crippen LogP contribution in [0.25, 0.3) is 0 Å². The second-order valence-corrected chi connectivity index (χ2v) is 5.47. The number of hydrogen-bond acceptors (Lipinski definition) is 6. The Hall–Kier alpha value is -2.47. The highest BCUT2D eigenvalue weighted by atomic mass is 16.5. The molecule has 1 aliphatic heterocycles. The van der Waals surface area contributed by atoms with Gasteiger partial charge in [-0.15, -0.1) is 0 Å². The van der Waals surface area contributed by atoms with E-state index in [2.05, 4.69) is 10.3 Å². The summed E-state index contributed by atoms with van der Waals surface area (Å²) in [4.78, 5) is 4.08. The van der Waals surface area contributed by atoms with Crippen LogP contribution in [0.5, 0.6) is 23.0 Å². The summed E-state index contributed by atoms with van der Waals surface area (Å²) in [6, 6.07) is 7.60. The van der Waals surface area contributed by atoms with E-state index in [1.807, 2.05) is 24.3 Å². The van der Waals surface area contributed by atoms with Gasteiger partial charge >= 0.3 is 0 Å². The molecule has 1 aromatic carbocycles. The number of nitrogens with one attached hydrogen (secondary N) is 1. The highest BCUT2D eigenvalue weighted by Gasteiger charge is 2.23. The van der Waals surface area contributed by atoms with Crippen molar-refractivity contribution >= 4 is 0 Å². The van der Waals surface area contributed by atoms with Gasteiger partial charge in [-0.1, -0.05) is 6.07 Å². The van der Waals surface area contributed by atoms with Crippen LogP contribution in [0, 0.1) is 0 Å². The van der Waals surface area contributed by atoms with Crippen LogP contribution in [0.15, 0.2) is 36.7 Å². The molecule has 3 rings (SSSR count). The third-order valence-electron chi connectivity index (χ3n) is 3.99. The maximum atomic E-state index is 5.83. The van der Waals surface area contributed by atoms with Gasteiger partial charge in [0.25, 0.3) is 0 Å². The van der Waals surface area contributed by atoms with Crippen molar-refractivity contribution in [2.24, 2.45) is 0 Å². The quantitative estimate of drug-likeness (QED) is 0.749. The molecule has 1 N–H and O–H groups in total. The molecule has 2 aromatic rings. The molecule has 0 bridgehead atoms. The molecule has 0 unspecified atom stereocenters. The summed E-state index contributed by atoms with van der Waals surface area (Å²) in [6.07, 6.45) is 3.57. The largest absolute Gasteiger partial charge is 0.493 e. The lowest BCUT2D eigenvalue weighted by Gasteiger charge is -2.15. The standard InChI is InChI=1S/C18H22N2O4/c1-21-15-4-3-5-16(22-2)18(15)23-9-8-20-10-13-12-24-17-11-19-7-6-14(13)17/h3-7,11,13,20H,8-10,12H2,1-2H3/t13-/m0/s1. The van der Waals surface area contributed by atoms with Gasteiger partial charge in [0.15, 0.2) is 11.5 Å². The molecule has 6 heteroatoms. The Morgan fingerprint density at radius 3 is 2.75 bits per heavy atom. The minimum Gasteiger partial charge on any atom is -0.493 e. The first-order valence-electron chi connectivity index (χ1n) is 7.94. The van der Waals surface area contributed by atoms with Gasteiger partial charge in [-0.3, -0.25) is 4.98 Å². The van der Waals surface area contributed by atoms with E-state index in [0.29, 0.717) is 36.4 Å². The summed E-state index contributed by atoms with van der Waals surface area (Å²) in [5, 5.41) is 3.41.